The van der Waals surface area contributed by atoms with E-state index in [4.69, 9.17) is 0 Å². The monoisotopic (exact) mass is 321 g/mol. The summed E-state index contributed by atoms with van der Waals surface area (Å²) in [5.41, 5.74) is 0. The summed E-state index contributed by atoms with van der Waals surface area (Å²) in [4.78, 5) is 11.1. The van der Waals surface area contributed by atoms with E-state index in [2.05, 4.69) is 32.4 Å². The highest BCUT2D eigenvalue weighted by Gasteiger charge is 2.22. The van der Waals surface area contributed by atoms with Gasteiger partial charge in [0, 0.05) is 19.5 Å². The fourth-order valence-electron chi connectivity index (χ4n) is 1.82. The van der Waals surface area contributed by atoms with Gasteiger partial charge < -0.3 is 4.74 Å². The van der Waals surface area contributed by atoms with Crippen LogP contribution in [-0.4, -0.2) is 44.6 Å². The number of rotatable bonds is 11. The summed E-state index contributed by atoms with van der Waals surface area (Å²) in [6, 6.07) is 0. The zero-order valence-corrected chi connectivity index (χ0v) is 14.9. The molecule has 0 fully saturated rings. The molecule has 0 amide bonds. The zero-order chi connectivity index (χ0) is 16.5. The van der Waals surface area contributed by atoms with Crippen LogP contribution in [0.25, 0.3) is 0 Å². The summed E-state index contributed by atoms with van der Waals surface area (Å²) in [6.07, 6.45) is 2.18. The molecule has 6 heteroatoms. The third-order valence-electron chi connectivity index (χ3n) is 3.32. The summed E-state index contributed by atoms with van der Waals surface area (Å²) < 4.78 is 30.9. The van der Waals surface area contributed by atoms with Gasteiger partial charge in [-0.15, -0.1) is 0 Å². The maximum atomic E-state index is 12.4. The normalized spacial score (nSPS) is 12.4. The fraction of sp³-hybridized carbons (Fsp3) is 0.933. The predicted molar refractivity (Wildman–Crippen MR) is 85.5 cm³/mol. The molecule has 0 aromatic carbocycles. The quantitative estimate of drug-likeness (QED) is 0.549. The highest BCUT2D eigenvalue weighted by Crippen LogP contribution is 2.12. The molecule has 0 aliphatic heterocycles. The molecule has 0 saturated carbocycles. The van der Waals surface area contributed by atoms with Crippen LogP contribution in [0.15, 0.2) is 0 Å². The Morgan fingerprint density at radius 2 is 1.52 bits per heavy atom. The molecule has 5 nitrogen and oxygen atoms in total. The van der Waals surface area contributed by atoms with E-state index < -0.39 is 10.0 Å². The van der Waals surface area contributed by atoms with Gasteiger partial charge in [0.2, 0.25) is 10.0 Å². The summed E-state index contributed by atoms with van der Waals surface area (Å²) in [6.45, 7) is 9.47. The van der Waals surface area contributed by atoms with Crippen molar-refractivity contribution in [3.8, 4) is 0 Å². The maximum Gasteiger partial charge on any atom is 0.305 e. The van der Waals surface area contributed by atoms with Crippen molar-refractivity contribution in [3.63, 3.8) is 0 Å². The lowest BCUT2D eigenvalue weighted by molar-refractivity contribution is -0.140. The minimum atomic E-state index is -3.29. The lowest BCUT2D eigenvalue weighted by Gasteiger charge is -2.23. The molecule has 21 heavy (non-hydrogen) atoms. The minimum absolute atomic E-state index is 0.0122. The van der Waals surface area contributed by atoms with Gasteiger partial charge >= 0.3 is 5.97 Å². The number of hydrogen-bond donors (Lipinski definition) is 0. The van der Waals surface area contributed by atoms with Crippen molar-refractivity contribution in [2.45, 2.75) is 53.4 Å². The fourth-order valence-corrected chi connectivity index (χ4v) is 3.36. The van der Waals surface area contributed by atoms with Crippen LogP contribution >= 0.6 is 0 Å². The van der Waals surface area contributed by atoms with Crippen LogP contribution in [0, 0.1) is 11.8 Å². The van der Waals surface area contributed by atoms with E-state index >= 15 is 0 Å². The number of methoxy groups -OCH3 is 1. The number of esters is 1. The number of carbonyl (C=O) groups excluding carboxylic acids is 1. The van der Waals surface area contributed by atoms with E-state index in [0.717, 1.165) is 12.8 Å². The first kappa shape index (κ1) is 20.4. The average Bonchev–Trinajstić information content (AvgIpc) is 2.37. The number of hydrogen-bond acceptors (Lipinski definition) is 4. The molecule has 0 aromatic rings. The second kappa shape index (κ2) is 10.2. The second-order valence-electron chi connectivity index (χ2n) is 6.26. The Morgan fingerprint density at radius 1 is 1.05 bits per heavy atom. The van der Waals surface area contributed by atoms with Crippen LogP contribution < -0.4 is 0 Å². The van der Waals surface area contributed by atoms with Crippen molar-refractivity contribution in [3.05, 3.63) is 0 Å². The van der Waals surface area contributed by atoms with Crippen LogP contribution in [-0.2, 0) is 19.6 Å². The molecule has 0 bridgehead atoms. The SMILES string of the molecule is COC(=O)CCCS(=O)(=O)N(CCC(C)C)CCC(C)C. The molecule has 0 saturated heterocycles. The molecule has 0 heterocycles. The average molecular weight is 321 g/mol. The molecule has 0 aliphatic rings. The van der Waals surface area contributed by atoms with Crippen molar-refractivity contribution in [1.29, 1.82) is 0 Å². The molecule has 0 atom stereocenters. The van der Waals surface area contributed by atoms with Crippen LogP contribution in [0.1, 0.15) is 53.4 Å². The molecule has 0 N–H and O–H groups in total. The lowest BCUT2D eigenvalue weighted by Crippen LogP contribution is -2.36. The van der Waals surface area contributed by atoms with Gasteiger partial charge in [-0.05, 0) is 31.1 Å². The number of nitrogens with zero attached hydrogens (tertiary/aromatic N) is 1. The van der Waals surface area contributed by atoms with Gasteiger partial charge in [-0.2, -0.15) is 0 Å². The number of carbonyl (C=O) groups is 1. The summed E-state index contributed by atoms with van der Waals surface area (Å²) in [5.74, 6) is 0.591. The Hall–Kier alpha value is -0.620. The van der Waals surface area contributed by atoms with Crippen LogP contribution in [0.5, 0.6) is 0 Å². The standard InChI is InChI=1S/C15H31NO4S/c1-13(2)8-10-16(11-9-14(3)4)21(18,19)12-6-7-15(17)20-5/h13-14H,6-12H2,1-5H3. The van der Waals surface area contributed by atoms with Crippen molar-refractivity contribution in [1.82, 2.24) is 4.31 Å². The van der Waals surface area contributed by atoms with E-state index in [1.165, 1.54) is 7.11 Å². The number of sulfonamides is 1. The first-order chi connectivity index (χ1) is 9.69. The molecule has 0 radical (unpaired) electrons. The molecule has 0 aromatic heterocycles. The Kier molecular flexibility index (Phi) is 9.86. The van der Waals surface area contributed by atoms with Gasteiger partial charge in [-0.25, -0.2) is 12.7 Å². The lowest BCUT2D eigenvalue weighted by atomic mass is 10.1. The van der Waals surface area contributed by atoms with E-state index in [9.17, 15) is 13.2 Å². The van der Waals surface area contributed by atoms with E-state index in [0.29, 0.717) is 31.3 Å². The molecule has 126 valence electrons. The van der Waals surface area contributed by atoms with E-state index in [-0.39, 0.29) is 18.1 Å². The van der Waals surface area contributed by atoms with Gasteiger partial charge in [0.25, 0.3) is 0 Å². The van der Waals surface area contributed by atoms with Crippen molar-refractivity contribution < 1.29 is 17.9 Å². The van der Waals surface area contributed by atoms with E-state index in [1.807, 2.05) is 0 Å². The van der Waals surface area contributed by atoms with Gasteiger partial charge in [0.1, 0.15) is 0 Å². The summed E-state index contributed by atoms with van der Waals surface area (Å²) >= 11 is 0. The Bertz CT molecular complexity index is 378. The largest absolute Gasteiger partial charge is 0.469 e. The van der Waals surface area contributed by atoms with Crippen molar-refractivity contribution >= 4 is 16.0 Å². The molecular weight excluding hydrogens is 290 g/mol. The predicted octanol–water partition coefficient (Wildman–Crippen LogP) is 2.66. The molecule has 0 rings (SSSR count). The van der Waals surface area contributed by atoms with Crippen molar-refractivity contribution in [2.24, 2.45) is 11.8 Å². The van der Waals surface area contributed by atoms with Crippen LogP contribution in [0.2, 0.25) is 0 Å². The molecular formula is C15H31NO4S. The Morgan fingerprint density at radius 3 is 1.90 bits per heavy atom. The second-order valence-corrected chi connectivity index (χ2v) is 8.35. The highest BCUT2D eigenvalue weighted by atomic mass is 32.2. The Labute approximate surface area is 130 Å². The van der Waals surface area contributed by atoms with Gasteiger partial charge in [0.15, 0.2) is 0 Å². The van der Waals surface area contributed by atoms with Crippen LogP contribution in [0.4, 0.5) is 0 Å². The Balaban J connectivity index is 4.56. The first-order valence-electron chi connectivity index (χ1n) is 7.73. The maximum absolute atomic E-state index is 12.4. The van der Waals surface area contributed by atoms with Crippen LogP contribution in [0.3, 0.4) is 0 Å². The minimum Gasteiger partial charge on any atom is -0.469 e. The summed E-state index contributed by atoms with van der Waals surface area (Å²) in [5, 5.41) is 0. The van der Waals surface area contributed by atoms with E-state index in [1.54, 1.807) is 4.31 Å². The van der Waals surface area contributed by atoms with Gasteiger partial charge in [0.05, 0.1) is 12.9 Å². The van der Waals surface area contributed by atoms with Crippen molar-refractivity contribution in [2.75, 3.05) is 26.0 Å². The molecule has 0 unspecified atom stereocenters. The van der Waals surface area contributed by atoms with Gasteiger partial charge in [-0.1, -0.05) is 27.7 Å². The van der Waals surface area contributed by atoms with Gasteiger partial charge in [-0.3, -0.25) is 4.79 Å². The first-order valence-corrected chi connectivity index (χ1v) is 9.34. The molecule has 0 spiro atoms. The number of ether oxygens (including phenoxy) is 1. The highest BCUT2D eigenvalue weighted by molar-refractivity contribution is 7.89. The zero-order valence-electron chi connectivity index (χ0n) is 14.1. The topological polar surface area (TPSA) is 63.7 Å². The molecule has 0 aliphatic carbocycles. The summed E-state index contributed by atoms with van der Waals surface area (Å²) in [7, 11) is -1.98. The third-order valence-corrected chi connectivity index (χ3v) is 5.27. The third kappa shape index (κ3) is 9.85. The smallest absolute Gasteiger partial charge is 0.305 e.